The summed E-state index contributed by atoms with van der Waals surface area (Å²) in [5.41, 5.74) is 0. The molecular weight excluding hydrogens is 194 g/mol. The fraction of sp³-hybridized carbons (Fsp3) is 0.800. The van der Waals surface area contributed by atoms with Crippen molar-refractivity contribution in [1.82, 2.24) is 10.1 Å². The molecule has 0 saturated carbocycles. The van der Waals surface area contributed by atoms with E-state index < -0.39 is 0 Å². The van der Waals surface area contributed by atoms with E-state index in [4.69, 9.17) is 4.52 Å². The van der Waals surface area contributed by atoms with Crippen LogP contribution in [0.3, 0.4) is 0 Å². The first-order valence-electron chi connectivity index (χ1n) is 5.55. The molecule has 1 fully saturated rings. The number of nitrogens with zero attached hydrogens (tertiary/aromatic N) is 3. The van der Waals surface area contributed by atoms with Gasteiger partial charge in [-0.15, -0.1) is 0 Å². The van der Waals surface area contributed by atoms with E-state index in [2.05, 4.69) is 15.0 Å². The molecule has 0 spiro atoms. The maximum atomic E-state index is 9.44. The monoisotopic (exact) mass is 211 g/mol. The number of aliphatic hydroxyl groups excluding tert-OH is 1. The molecule has 15 heavy (non-hydrogen) atoms. The van der Waals surface area contributed by atoms with E-state index in [0.29, 0.717) is 24.7 Å². The molecule has 2 heterocycles. The van der Waals surface area contributed by atoms with Gasteiger partial charge in [-0.1, -0.05) is 6.92 Å². The number of aliphatic hydroxyl groups is 1. The third kappa shape index (κ3) is 2.47. The maximum Gasteiger partial charge on any atom is 0.266 e. The van der Waals surface area contributed by atoms with Gasteiger partial charge in [0.15, 0.2) is 0 Å². The molecule has 2 rings (SSSR count). The largest absolute Gasteiger partial charge is 0.393 e. The van der Waals surface area contributed by atoms with Crippen molar-refractivity contribution in [3.8, 4) is 0 Å². The second-order valence-corrected chi connectivity index (χ2v) is 3.95. The average molecular weight is 211 g/mol. The Morgan fingerprint density at radius 1 is 1.47 bits per heavy atom. The summed E-state index contributed by atoms with van der Waals surface area (Å²) in [6, 6.07) is 0. The highest BCUT2D eigenvalue weighted by Gasteiger charge is 2.18. The van der Waals surface area contributed by atoms with E-state index in [1.165, 1.54) is 12.8 Å². The van der Waals surface area contributed by atoms with Crippen LogP contribution in [0.1, 0.15) is 32.1 Å². The highest BCUT2D eigenvalue weighted by molar-refractivity contribution is 5.28. The summed E-state index contributed by atoms with van der Waals surface area (Å²) in [5.74, 6) is 1.21. The molecular formula is C10H17N3O2. The molecule has 1 unspecified atom stereocenters. The molecule has 1 aliphatic rings. The van der Waals surface area contributed by atoms with Gasteiger partial charge in [0.25, 0.3) is 5.95 Å². The molecule has 0 aromatic carbocycles. The van der Waals surface area contributed by atoms with E-state index in [1.54, 1.807) is 0 Å². The predicted octanol–water partition coefficient (Wildman–Crippen LogP) is 0.983. The van der Waals surface area contributed by atoms with Crippen molar-refractivity contribution >= 4 is 5.95 Å². The molecule has 1 aromatic heterocycles. The van der Waals surface area contributed by atoms with Gasteiger partial charge in [-0.25, -0.2) is 0 Å². The second-order valence-electron chi connectivity index (χ2n) is 3.95. The quantitative estimate of drug-likeness (QED) is 0.804. The Kier molecular flexibility index (Phi) is 3.20. The van der Waals surface area contributed by atoms with Crippen molar-refractivity contribution in [2.45, 2.75) is 38.7 Å². The van der Waals surface area contributed by atoms with Gasteiger partial charge in [-0.05, 0) is 24.4 Å². The third-order valence-electron chi connectivity index (χ3n) is 2.73. The molecule has 1 N–H and O–H groups in total. The molecule has 1 aliphatic heterocycles. The van der Waals surface area contributed by atoms with Crippen LogP contribution in [0.4, 0.5) is 5.95 Å². The summed E-state index contributed by atoms with van der Waals surface area (Å²) >= 11 is 0. The summed E-state index contributed by atoms with van der Waals surface area (Å²) < 4.78 is 5.09. The minimum atomic E-state index is -0.378. The predicted molar refractivity (Wildman–Crippen MR) is 55.7 cm³/mol. The molecule has 5 nitrogen and oxygen atoms in total. The maximum absolute atomic E-state index is 9.44. The summed E-state index contributed by atoms with van der Waals surface area (Å²) in [6.45, 7) is 3.95. The summed E-state index contributed by atoms with van der Waals surface area (Å²) in [6.07, 6.45) is 3.18. The molecule has 84 valence electrons. The Bertz CT molecular complexity index is 307. The van der Waals surface area contributed by atoms with Gasteiger partial charge < -0.3 is 14.5 Å². The van der Waals surface area contributed by atoms with Crippen molar-refractivity contribution in [1.29, 1.82) is 0 Å². The zero-order valence-corrected chi connectivity index (χ0v) is 9.02. The van der Waals surface area contributed by atoms with E-state index in [0.717, 1.165) is 13.1 Å². The van der Waals surface area contributed by atoms with Crippen LogP contribution < -0.4 is 4.90 Å². The molecule has 0 radical (unpaired) electrons. The Morgan fingerprint density at radius 2 is 2.20 bits per heavy atom. The van der Waals surface area contributed by atoms with Crippen LogP contribution in [0.15, 0.2) is 4.52 Å². The Morgan fingerprint density at radius 3 is 2.87 bits per heavy atom. The van der Waals surface area contributed by atoms with Crippen LogP contribution in [0, 0.1) is 0 Å². The summed E-state index contributed by atoms with van der Waals surface area (Å²) in [4.78, 5) is 6.38. The lowest BCUT2D eigenvalue weighted by atomic mass is 10.2. The van der Waals surface area contributed by atoms with Crippen molar-refractivity contribution in [3.63, 3.8) is 0 Å². The van der Waals surface area contributed by atoms with E-state index in [9.17, 15) is 5.11 Å². The molecule has 1 atom stereocenters. The van der Waals surface area contributed by atoms with Crippen LogP contribution >= 0.6 is 0 Å². The van der Waals surface area contributed by atoms with Gasteiger partial charge in [0.2, 0.25) is 5.89 Å². The first-order chi connectivity index (χ1) is 7.29. The van der Waals surface area contributed by atoms with Crippen LogP contribution in [-0.2, 0) is 6.42 Å². The fourth-order valence-corrected chi connectivity index (χ4v) is 1.72. The minimum Gasteiger partial charge on any atom is -0.393 e. The third-order valence-corrected chi connectivity index (χ3v) is 2.73. The normalized spacial score (nSPS) is 18.4. The first-order valence-corrected chi connectivity index (χ1v) is 5.55. The number of anilines is 1. The highest BCUT2D eigenvalue weighted by Crippen LogP contribution is 2.16. The van der Waals surface area contributed by atoms with Crippen LogP contribution in [0.5, 0.6) is 0 Å². The molecule has 1 saturated heterocycles. The van der Waals surface area contributed by atoms with Gasteiger partial charge in [0, 0.05) is 13.1 Å². The topological polar surface area (TPSA) is 62.4 Å². The SMILES string of the molecule is CCC(O)Cc1nc(N2CCCC2)no1. The Labute approximate surface area is 89.1 Å². The van der Waals surface area contributed by atoms with E-state index in [-0.39, 0.29) is 6.10 Å². The number of rotatable bonds is 4. The molecule has 5 heteroatoms. The van der Waals surface area contributed by atoms with Crippen molar-refractivity contribution in [2.75, 3.05) is 18.0 Å². The minimum absolute atomic E-state index is 0.378. The lowest BCUT2D eigenvalue weighted by Gasteiger charge is -2.09. The first kappa shape index (κ1) is 10.4. The Hall–Kier alpha value is -1.10. The number of hydrogen-bond donors (Lipinski definition) is 1. The van der Waals surface area contributed by atoms with Gasteiger partial charge in [-0.3, -0.25) is 0 Å². The highest BCUT2D eigenvalue weighted by atomic mass is 16.5. The lowest BCUT2D eigenvalue weighted by molar-refractivity contribution is 0.158. The lowest BCUT2D eigenvalue weighted by Crippen LogP contribution is -2.19. The zero-order chi connectivity index (χ0) is 10.7. The molecule has 0 bridgehead atoms. The smallest absolute Gasteiger partial charge is 0.266 e. The van der Waals surface area contributed by atoms with Crippen LogP contribution in [0.25, 0.3) is 0 Å². The summed E-state index contributed by atoms with van der Waals surface area (Å²) in [7, 11) is 0. The van der Waals surface area contributed by atoms with E-state index >= 15 is 0 Å². The van der Waals surface area contributed by atoms with Gasteiger partial charge in [-0.2, -0.15) is 4.98 Å². The Balaban J connectivity index is 1.97. The van der Waals surface area contributed by atoms with Crippen molar-refractivity contribution in [3.05, 3.63) is 5.89 Å². The molecule has 1 aromatic rings. The fourth-order valence-electron chi connectivity index (χ4n) is 1.72. The molecule has 0 aliphatic carbocycles. The van der Waals surface area contributed by atoms with Crippen LogP contribution in [-0.4, -0.2) is 34.4 Å². The second kappa shape index (κ2) is 4.61. The zero-order valence-electron chi connectivity index (χ0n) is 9.02. The standard InChI is InChI=1S/C10H17N3O2/c1-2-8(14)7-9-11-10(12-15-9)13-5-3-4-6-13/h8,14H,2-7H2,1H3. The van der Waals surface area contributed by atoms with Gasteiger partial charge >= 0.3 is 0 Å². The van der Waals surface area contributed by atoms with E-state index in [1.807, 2.05) is 6.92 Å². The average Bonchev–Trinajstić information content (AvgIpc) is 2.85. The van der Waals surface area contributed by atoms with Gasteiger partial charge in [0.1, 0.15) is 0 Å². The molecule has 0 amide bonds. The van der Waals surface area contributed by atoms with Crippen molar-refractivity contribution in [2.24, 2.45) is 0 Å². The van der Waals surface area contributed by atoms with Crippen molar-refractivity contribution < 1.29 is 9.63 Å². The van der Waals surface area contributed by atoms with Crippen LogP contribution in [0.2, 0.25) is 0 Å². The number of aromatic nitrogens is 2. The van der Waals surface area contributed by atoms with Gasteiger partial charge in [0.05, 0.1) is 12.5 Å². The summed E-state index contributed by atoms with van der Waals surface area (Å²) in [5, 5.41) is 13.4. The number of hydrogen-bond acceptors (Lipinski definition) is 5.